The average Bonchev–Trinajstić information content (AvgIpc) is 3.47. The lowest BCUT2D eigenvalue weighted by molar-refractivity contribution is -0.0498. The number of para-hydroxylation sites is 1. The van der Waals surface area contributed by atoms with Gasteiger partial charge in [-0.05, 0) is 42.7 Å². The van der Waals surface area contributed by atoms with Crippen LogP contribution in [0.25, 0.3) is 5.69 Å². The van der Waals surface area contributed by atoms with Crippen LogP contribution in [-0.2, 0) is 6.54 Å². The van der Waals surface area contributed by atoms with Crippen LogP contribution < -0.4 is 4.74 Å². The van der Waals surface area contributed by atoms with Gasteiger partial charge in [-0.25, -0.2) is 4.68 Å². The van der Waals surface area contributed by atoms with Crippen molar-refractivity contribution in [3.8, 4) is 11.4 Å². The number of nitrogens with zero attached hydrogens (tertiary/aromatic N) is 4. The Bertz CT molecular complexity index is 986. The highest BCUT2D eigenvalue weighted by Gasteiger charge is 2.35. The molecule has 1 aliphatic rings. The SMILES string of the molecule is CN(Cc1ccc(OC(F)F)cc1)C(=O)c1nnn(-c2ccccc2)c1C1CC1. The summed E-state index contributed by atoms with van der Waals surface area (Å²) in [6.45, 7) is -2.55. The number of hydrogen-bond acceptors (Lipinski definition) is 4. The summed E-state index contributed by atoms with van der Waals surface area (Å²) in [5.74, 6) is 0.143. The Labute approximate surface area is 166 Å². The number of benzene rings is 2. The van der Waals surface area contributed by atoms with Gasteiger partial charge in [-0.3, -0.25) is 4.79 Å². The maximum atomic E-state index is 13.0. The molecule has 2 aromatic carbocycles. The monoisotopic (exact) mass is 398 g/mol. The van der Waals surface area contributed by atoms with Gasteiger partial charge >= 0.3 is 6.61 Å². The fourth-order valence-corrected chi connectivity index (χ4v) is 3.23. The Morgan fingerprint density at radius 1 is 1.17 bits per heavy atom. The average molecular weight is 398 g/mol. The predicted octanol–water partition coefficient (Wildman–Crippen LogP) is 4.02. The molecule has 0 bridgehead atoms. The molecule has 0 saturated heterocycles. The summed E-state index contributed by atoms with van der Waals surface area (Å²) >= 11 is 0. The van der Waals surface area contributed by atoms with Crippen LogP contribution in [-0.4, -0.2) is 39.5 Å². The molecule has 1 aromatic heterocycles. The zero-order chi connectivity index (χ0) is 20.4. The van der Waals surface area contributed by atoms with E-state index in [1.807, 2.05) is 30.3 Å². The van der Waals surface area contributed by atoms with Crippen LogP contribution in [0.2, 0.25) is 0 Å². The molecule has 1 fully saturated rings. The van der Waals surface area contributed by atoms with Gasteiger partial charge in [0.2, 0.25) is 0 Å². The van der Waals surface area contributed by atoms with Crippen LogP contribution in [0.15, 0.2) is 54.6 Å². The van der Waals surface area contributed by atoms with E-state index >= 15 is 0 Å². The predicted molar refractivity (Wildman–Crippen MR) is 102 cm³/mol. The van der Waals surface area contributed by atoms with Gasteiger partial charge in [0.15, 0.2) is 5.69 Å². The first-order chi connectivity index (χ1) is 14.0. The number of amides is 1. The van der Waals surface area contributed by atoms with Crippen LogP contribution in [0.3, 0.4) is 0 Å². The summed E-state index contributed by atoms with van der Waals surface area (Å²) < 4.78 is 30.6. The number of carbonyl (C=O) groups is 1. The number of carbonyl (C=O) groups excluding carboxylic acids is 1. The molecular formula is C21H20F2N4O2. The van der Waals surface area contributed by atoms with Crippen LogP contribution in [0.4, 0.5) is 8.78 Å². The van der Waals surface area contributed by atoms with Gasteiger partial charge in [-0.1, -0.05) is 35.5 Å². The minimum Gasteiger partial charge on any atom is -0.435 e. The minimum atomic E-state index is -2.86. The van der Waals surface area contributed by atoms with E-state index in [0.717, 1.165) is 29.8 Å². The summed E-state index contributed by atoms with van der Waals surface area (Å²) in [5, 5.41) is 8.41. The van der Waals surface area contributed by atoms with Gasteiger partial charge < -0.3 is 9.64 Å². The highest BCUT2D eigenvalue weighted by molar-refractivity contribution is 5.93. The molecule has 4 rings (SSSR count). The number of rotatable bonds is 7. The van der Waals surface area contributed by atoms with Gasteiger partial charge in [0.25, 0.3) is 5.91 Å². The number of ether oxygens (including phenoxy) is 1. The molecule has 1 saturated carbocycles. The lowest BCUT2D eigenvalue weighted by Gasteiger charge is -2.17. The molecule has 0 unspecified atom stereocenters. The fourth-order valence-electron chi connectivity index (χ4n) is 3.23. The van der Waals surface area contributed by atoms with Gasteiger partial charge in [-0.2, -0.15) is 8.78 Å². The summed E-state index contributed by atoms with van der Waals surface area (Å²) in [4.78, 5) is 14.6. The molecule has 3 aromatic rings. The molecule has 29 heavy (non-hydrogen) atoms. The first-order valence-corrected chi connectivity index (χ1v) is 9.33. The zero-order valence-corrected chi connectivity index (χ0v) is 15.8. The fraction of sp³-hybridized carbons (Fsp3) is 0.286. The summed E-state index contributed by atoms with van der Waals surface area (Å²) in [6, 6.07) is 15.9. The molecule has 0 atom stereocenters. The Morgan fingerprint density at radius 3 is 2.48 bits per heavy atom. The third-order valence-electron chi connectivity index (χ3n) is 4.79. The third kappa shape index (κ3) is 4.26. The van der Waals surface area contributed by atoms with E-state index in [4.69, 9.17) is 0 Å². The van der Waals surface area contributed by atoms with Crippen molar-refractivity contribution >= 4 is 5.91 Å². The third-order valence-corrected chi connectivity index (χ3v) is 4.79. The number of halogens is 2. The minimum absolute atomic E-state index is 0.0829. The molecule has 1 heterocycles. The van der Waals surface area contributed by atoms with Gasteiger partial charge in [0.05, 0.1) is 11.4 Å². The number of aromatic nitrogens is 3. The van der Waals surface area contributed by atoms with E-state index in [1.165, 1.54) is 12.1 Å². The van der Waals surface area contributed by atoms with Crippen molar-refractivity contribution in [2.45, 2.75) is 31.9 Å². The zero-order valence-electron chi connectivity index (χ0n) is 15.8. The van der Waals surface area contributed by atoms with Crippen LogP contribution >= 0.6 is 0 Å². The van der Waals surface area contributed by atoms with Crippen molar-refractivity contribution in [3.05, 3.63) is 71.5 Å². The highest BCUT2D eigenvalue weighted by Crippen LogP contribution is 2.42. The van der Waals surface area contributed by atoms with E-state index in [0.29, 0.717) is 12.2 Å². The second kappa shape index (κ2) is 7.98. The van der Waals surface area contributed by atoms with Gasteiger partial charge in [0, 0.05) is 19.5 Å². The Kier molecular flexibility index (Phi) is 5.24. The quantitative estimate of drug-likeness (QED) is 0.603. The van der Waals surface area contributed by atoms with Crippen molar-refractivity contribution in [2.24, 2.45) is 0 Å². The Hall–Kier alpha value is -3.29. The maximum Gasteiger partial charge on any atom is 0.387 e. The number of alkyl halides is 2. The molecule has 1 amide bonds. The summed E-state index contributed by atoms with van der Waals surface area (Å²) in [6.07, 6.45) is 2.02. The van der Waals surface area contributed by atoms with Gasteiger partial charge in [0.1, 0.15) is 5.75 Å². The standard InChI is InChI=1S/C21H20F2N4O2/c1-26(13-14-7-11-17(12-8-14)29-21(22)23)20(28)18-19(15-9-10-15)27(25-24-18)16-5-3-2-4-6-16/h2-8,11-12,15,21H,9-10,13H2,1H3. The van der Waals surface area contributed by atoms with Gasteiger partial charge in [-0.15, -0.1) is 5.10 Å². The maximum absolute atomic E-state index is 13.0. The van der Waals surface area contributed by atoms with E-state index in [2.05, 4.69) is 15.0 Å². The molecule has 150 valence electrons. The normalized spacial score (nSPS) is 13.5. The molecule has 0 aliphatic heterocycles. The molecule has 0 spiro atoms. The van der Waals surface area contributed by atoms with Crippen molar-refractivity contribution in [3.63, 3.8) is 0 Å². The van der Waals surface area contributed by atoms with Crippen molar-refractivity contribution in [2.75, 3.05) is 7.05 Å². The van der Waals surface area contributed by atoms with E-state index in [1.54, 1.807) is 28.8 Å². The van der Waals surface area contributed by atoms with Crippen LogP contribution in [0, 0.1) is 0 Å². The molecule has 0 N–H and O–H groups in total. The Balaban J connectivity index is 1.53. The van der Waals surface area contributed by atoms with Crippen LogP contribution in [0.1, 0.15) is 40.5 Å². The first-order valence-electron chi connectivity index (χ1n) is 9.33. The summed E-state index contributed by atoms with van der Waals surface area (Å²) in [7, 11) is 1.68. The lowest BCUT2D eigenvalue weighted by atomic mass is 10.1. The van der Waals surface area contributed by atoms with Crippen molar-refractivity contribution in [1.82, 2.24) is 19.9 Å². The van der Waals surface area contributed by atoms with Crippen molar-refractivity contribution in [1.29, 1.82) is 0 Å². The lowest BCUT2D eigenvalue weighted by Crippen LogP contribution is -2.27. The second-order valence-electron chi connectivity index (χ2n) is 7.03. The van der Waals surface area contributed by atoms with E-state index in [9.17, 15) is 13.6 Å². The second-order valence-corrected chi connectivity index (χ2v) is 7.03. The largest absolute Gasteiger partial charge is 0.435 e. The summed E-state index contributed by atoms with van der Waals surface area (Å²) in [5.41, 5.74) is 2.87. The van der Waals surface area contributed by atoms with E-state index < -0.39 is 6.61 Å². The van der Waals surface area contributed by atoms with Crippen molar-refractivity contribution < 1.29 is 18.3 Å². The number of hydrogen-bond donors (Lipinski definition) is 0. The van der Waals surface area contributed by atoms with Crippen LogP contribution in [0.5, 0.6) is 5.75 Å². The highest BCUT2D eigenvalue weighted by atomic mass is 19.3. The Morgan fingerprint density at radius 2 is 1.86 bits per heavy atom. The molecular weight excluding hydrogens is 378 g/mol. The smallest absolute Gasteiger partial charge is 0.387 e. The molecule has 8 heteroatoms. The first kappa shape index (κ1) is 19.0. The van der Waals surface area contributed by atoms with E-state index in [-0.39, 0.29) is 17.6 Å². The topological polar surface area (TPSA) is 60.2 Å². The molecule has 0 radical (unpaired) electrons. The molecule has 6 nitrogen and oxygen atoms in total. The molecule has 1 aliphatic carbocycles.